The van der Waals surface area contributed by atoms with Crippen molar-refractivity contribution >= 4 is 11.9 Å². The summed E-state index contributed by atoms with van der Waals surface area (Å²) < 4.78 is 15.8. The van der Waals surface area contributed by atoms with Gasteiger partial charge in [-0.1, -0.05) is 36.8 Å². The van der Waals surface area contributed by atoms with Crippen LogP contribution in [0.4, 0.5) is 0 Å². The summed E-state index contributed by atoms with van der Waals surface area (Å²) >= 11 is 0. The van der Waals surface area contributed by atoms with Gasteiger partial charge in [-0.15, -0.1) is 0 Å². The van der Waals surface area contributed by atoms with Crippen LogP contribution in [0.15, 0.2) is 42.5 Å². The van der Waals surface area contributed by atoms with Crippen LogP contribution in [0.5, 0.6) is 11.5 Å². The fourth-order valence-electron chi connectivity index (χ4n) is 2.74. The summed E-state index contributed by atoms with van der Waals surface area (Å²) in [6, 6.07) is 12.6. The van der Waals surface area contributed by atoms with Crippen LogP contribution in [0, 0.1) is 6.92 Å². The van der Waals surface area contributed by atoms with E-state index in [-0.39, 0.29) is 18.6 Å². The van der Waals surface area contributed by atoms with Gasteiger partial charge in [0.05, 0.1) is 25.3 Å². The second-order valence-corrected chi connectivity index (χ2v) is 6.31. The Kier molecular flexibility index (Phi) is 7.87. The van der Waals surface area contributed by atoms with Gasteiger partial charge < -0.3 is 19.5 Å². The molecule has 1 N–H and O–H groups in total. The number of carbonyl (C=O) groups is 2. The van der Waals surface area contributed by atoms with E-state index in [9.17, 15) is 9.59 Å². The molecule has 2 aromatic carbocycles. The molecule has 1 atom stereocenters. The van der Waals surface area contributed by atoms with Crippen LogP contribution in [0.25, 0.3) is 0 Å². The number of benzene rings is 2. The summed E-state index contributed by atoms with van der Waals surface area (Å²) in [5.41, 5.74) is 2.47. The average molecular weight is 385 g/mol. The molecule has 0 bridgehead atoms. The van der Waals surface area contributed by atoms with Crippen molar-refractivity contribution in [3.8, 4) is 11.5 Å². The molecule has 6 nitrogen and oxygen atoms in total. The van der Waals surface area contributed by atoms with Gasteiger partial charge in [0.2, 0.25) is 0 Å². The second-order valence-electron chi connectivity index (χ2n) is 6.31. The van der Waals surface area contributed by atoms with Crippen molar-refractivity contribution in [3.63, 3.8) is 0 Å². The highest BCUT2D eigenvalue weighted by Gasteiger charge is 2.16. The van der Waals surface area contributed by atoms with E-state index >= 15 is 0 Å². The molecular weight excluding hydrogens is 358 g/mol. The van der Waals surface area contributed by atoms with Gasteiger partial charge in [-0.05, 0) is 44.0 Å². The van der Waals surface area contributed by atoms with Crippen LogP contribution in [-0.4, -0.2) is 32.2 Å². The third kappa shape index (κ3) is 5.74. The predicted octanol–water partition coefficient (Wildman–Crippen LogP) is 3.83. The lowest BCUT2D eigenvalue weighted by molar-refractivity contribution is -0.125. The molecule has 0 aliphatic carbocycles. The van der Waals surface area contributed by atoms with Crippen molar-refractivity contribution in [2.45, 2.75) is 33.2 Å². The number of ether oxygens (including phenoxy) is 3. The Labute approximate surface area is 165 Å². The topological polar surface area (TPSA) is 73.9 Å². The van der Waals surface area contributed by atoms with E-state index in [2.05, 4.69) is 5.32 Å². The maximum Gasteiger partial charge on any atom is 0.338 e. The molecule has 0 unspecified atom stereocenters. The molecule has 0 fully saturated rings. The van der Waals surface area contributed by atoms with Crippen molar-refractivity contribution < 1.29 is 23.8 Å². The molecule has 0 saturated heterocycles. The number of hydrogen-bond acceptors (Lipinski definition) is 5. The molecule has 0 radical (unpaired) electrons. The highest BCUT2D eigenvalue weighted by atomic mass is 16.5. The minimum Gasteiger partial charge on any atom is -0.493 e. The number of nitrogens with one attached hydrogen (secondary N) is 1. The van der Waals surface area contributed by atoms with Crippen LogP contribution in [0.2, 0.25) is 0 Å². The number of amides is 1. The average Bonchev–Trinajstić information content (AvgIpc) is 2.71. The smallest absolute Gasteiger partial charge is 0.338 e. The zero-order valence-electron chi connectivity index (χ0n) is 16.8. The Morgan fingerprint density at radius 1 is 1.04 bits per heavy atom. The largest absolute Gasteiger partial charge is 0.493 e. The summed E-state index contributed by atoms with van der Waals surface area (Å²) in [6.07, 6.45) is 0.735. The number of hydrogen-bond donors (Lipinski definition) is 1. The Morgan fingerprint density at radius 2 is 1.75 bits per heavy atom. The van der Waals surface area contributed by atoms with Gasteiger partial charge in [0.1, 0.15) is 0 Å². The lowest BCUT2D eigenvalue weighted by Crippen LogP contribution is -2.32. The van der Waals surface area contributed by atoms with Crippen molar-refractivity contribution in [2.75, 3.05) is 20.3 Å². The predicted molar refractivity (Wildman–Crippen MR) is 107 cm³/mol. The lowest BCUT2D eigenvalue weighted by atomic mass is 10.0. The molecule has 0 aliphatic heterocycles. The van der Waals surface area contributed by atoms with E-state index in [0.29, 0.717) is 23.7 Å². The fraction of sp³-hybridized carbons (Fsp3) is 0.364. The molecule has 150 valence electrons. The minimum absolute atomic E-state index is 0.127. The van der Waals surface area contributed by atoms with E-state index in [4.69, 9.17) is 14.2 Å². The Hall–Kier alpha value is -3.02. The fourth-order valence-corrected chi connectivity index (χ4v) is 2.74. The first-order valence-corrected chi connectivity index (χ1v) is 9.32. The molecular formula is C22H27NO5. The minimum atomic E-state index is -0.595. The zero-order chi connectivity index (χ0) is 20.5. The summed E-state index contributed by atoms with van der Waals surface area (Å²) in [6.45, 7) is 5.93. The van der Waals surface area contributed by atoms with Gasteiger partial charge in [-0.3, -0.25) is 4.79 Å². The highest BCUT2D eigenvalue weighted by molar-refractivity contribution is 5.92. The van der Waals surface area contributed by atoms with Crippen molar-refractivity contribution in [1.29, 1.82) is 0 Å². The van der Waals surface area contributed by atoms with Crippen molar-refractivity contribution in [3.05, 3.63) is 59.2 Å². The molecule has 1 amide bonds. The van der Waals surface area contributed by atoms with Gasteiger partial charge in [-0.25, -0.2) is 4.79 Å². The normalized spacial score (nSPS) is 11.4. The summed E-state index contributed by atoms with van der Waals surface area (Å²) in [5, 5.41) is 2.90. The Balaban J connectivity index is 1.95. The van der Waals surface area contributed by atoms with Gasteiger partial charge in [0.25, 0.3) is 5.91 Å². The first-order valence-electron chi connectivity index (χ1n) is 9.32. The zero-order valence-corrected chi connectivity index (χ0v) is 16.8. The lowest BCUT2D eigenvalue weighted by Gasteiger charge is -2.18. The molecule has 2 rings (SSSR count). The molecule has 6 heteroatoms. The highest BCUT2D eigenvalue weighted by Crippen LogP contribution is 2.28. The third-order valence-corrected chi connectivity index (χ3v) is 4.26. The summed E-state index contributed by atoms with van der Waals surface area (Å²) in [5.74, 6) is 0.0378. The first kappa shape index (κ1) is 21.3. The summed E-state index contributed by atoms with van der Waals surface area (Å²) in [7, 11) is 1.53. The Morgan fingerprint density at radius 3 is 2.36 bits per heavy atom. The molecule has 0 aliphatic rings. The Bertz CT molecular complexity index is 801. The summed E-state index contributed by atoms with van der Waals surface area (Å²) in [4.78, 5) is 24.5. The molecule has 0 heterocycles. The molecule has 0 spiro atoms. The van der Waals surface area contributed by atoms with E-state index in [0.717, 1.165) is 17.5 Å². The maximum atomic E-state index is 12.3. The van der Waals surface area contributed by atoms with Crippen LogP contribution >= 0.6 is 0 Å². The molecule has 0 saturated carbocycles. The molecule has 28 heavy (non-hydrogen) atoms. The van der Waals surface area contributed by atoms with E-state index in [1.165, 1.54) is 7.11 Å². The number of aryl methyl sites for hydroxylation is 1. The van der Waals surface area contributed by atoms with Gasteiger partial charge in [0, 0.05) is 0 Å². The maximum absolute atomic E-state index is 12.3. The number of rotatable bonds is 9. The quantitative estimate of drug-likeness (QED) is 0.664. The first-order chi connectivity index (χ1) is 13.5. The number of methoxy groups -OCH3 is 1. The van der Waals surface area contributed by atoms with Gasteiger partial charge in [-0.2, -0.15) is 0 Å². The van der Waals surface area contributed by atoms with Crippen molar-refractivity contribution in [1.82, 2.24) is 5.32 Å². The van der Waals surface area contributed by atoms with Gasteiger partial charge >= 0.3 is 5.97 Å². The monoisotopic (exact) mass is 385 g/mol. The van der Waals surface area contributed by atoms with Crippen LogP contribution in [-0.2, 0) is 9.53 Å². The number of esters is 1. The van der Waals surface area contributed by atoms with E-state index < -0.39 is 5.97 Å². The molecule has 2 aromatic rings. The van der Waals surface area contributed by atoms with Crippen LogP contribution in [0.1, 0.15) is 47.8 Å². The molecule has 0 aromatic heterocycles. The van der Waals surface area contributed by atoms with E-state index in [1.807, 2.05) is 45.0 Å². The van der Waals surface area contributed by atoms with E-state index in [1.54, 1.807) is 18.2 Å². The SMILES string of the molecule is CCOc1cc(C(=O)OCC(=O)N[C@@H](CC)c2ccc(C)cc2)ccc1OC. The van der Waals surface area contributed by atoms with Gasteiger partial charge in [0.15, 0.2) is 18.1 Å². The third-order valence-electron chi connectivity index (χ3n) is 4.26. The van der Waals surface area contributed by atoms with Crippen LogP contribution in [0.3, 0.4) is 0 Å². The van der Waals surface area contributed by atoms with Crippen LogP contribution < -0.4 is 14.8 Å². The number of carbonyl (C=O) groups excluding carboxylic acids is 2. The van der Waals surface area contributed by atoms with Crippen molar-refractivity contribution in [2.24, 2.45) is 0 Å². The standard InChI is InChI=1S/C22H27NO5/c1-5-18(16-9-7-15(3)8-10-16)23-21(24)14-28-22(25)17-11-12-19(26-4)20(13-17)27-6-2/h7-13,18H,5-6,14H2,1-4H3,(H,23,24)/t18-/m0/s1. The second kappa shape index (κ2) is 10.3.